The van der Waals surface area contributed by atoms with E-state index in [4.69, 9.17) is 4.74 Å². The van der Waals surface area contributed by atoms with Gasteiger partial charge in [-0.05, 0) is 49.5 Å². The second-order valence-electron chi connectivity index (χ2n) is 5.52. The highest BCUT2D eigenvalue weighted by molar-refractivity contribution is 5.89. The normalized spacial score (nSPS) is 11.0. The molecule has 0 bridgehead atoms. The van der Waals surface area contributed by atoms with Gasteiger partial charge in [-0.2, -0.15) is 0 Å². The second kappa shape index (κ2) is 10.9. The topological polar surface area (TPSA) is 46.5 Å². The van der Waals surface area contributed by atoms with E-state index >= 15 is 0 Å². The molecule has 3 nitrogen and oxygen atoms in total. The lowest BCUT2D eigenvalue weighted by Gasteiger charge is -2.08. The lowest BCUT2D eigenvalue weighted by Crippen LogP contribution is -1.96. The van der Waals surface area contributed by atoms with Crippen molar-refractivity contribution in [3.8, 4) is 11.5 Å². The van der Waals surface area contributed by atoms with Gasteiger partial charge in [-0.3, -0.25) is 4.79 Å². The van der Waals surface area contributed by atoms with E-state index in [-0.39, 0.29) is 11.5 Å². The van der Waals surface area contributed by atoms with Crippen molar-refractivity contribution in [2.24, 2.45) is 0 Å². The number of carbonyl (C=O) groups excluding carboxylic acids is 1. The van der Waals surface area contributed by atoms with E-state index in [1.807, 2.05) is 25.1 Å². The Morgan fingerprint density at radius 2 is 2.05 bits per heavy atom. The van der Waals surface area contributed by atoms with Crippen molar-refractivity contribution in [3.63, 3.8) is 0 Å². The first-order chi connectivity index (χ1) is 10.7. The Labute approximate surface area is 134 Å². The molecule has 0 unspecified atom stereocenters. The minimum Gasteiger partial charge on any atom is -0.504 e. The van der Waals surface area contributed by atoms with Crippen molar-refractivity contribution >= 4 is 5.78 Å². The summed E-state index contributed by atoms with van der Waals surface area (Å²) in [5, 5.41) is 9.73. The second-order valence-corrected chi connectivity index (χ2v) is 5.52. The first kappa shape index (κ1) is 18.3. The van der Waals surface area contributed by atoms with Gasteiger partial charge in [-0.25, -0.2) is 0 Å². The average Bonchev–Trinajstić information content (AvgIpc) is 2.52. The fourth-order valence-corrected chi connectivity index (χ4v) is 2.14. The molecule has 1 aromatic rings. The van der Waals surface area contributed by atoms with Gasteiger partial charge in [0, 0.05) is 6.42 Å². The van der Waals surface area contributed by atoms with Gasteiger partial charge in [0.15, 0.2) is 17.3 Å². The molecule has 0 atom stereocenters. The zero-order chi connectivity index (χ0) is 16.2. The van der Waals surface area contributed by atoms with Crippen molar-refractivity contribution in [1.29, 1.82) is 0 Å². The van der Waals surface area contributed by atoms with Gasteiger partial charge in [-0.15, -0.1) is 0 Å². The number of phenols is 1. The summed E-state index contributed by atoms with van der Waals surface area (Å²) in [7, 11) is 0. The van der Waals surface area contributed by atoms with E-state index in [1.54, 1.807) is 12.1 Å². The maximum absolute atomic E-state index is 11.6. The van der Waals surface area contributed by atoms with Gasteiger partial charge in [-0.1, -0.05) is 38.8 Å². The molecule has 0 aromatic heterocycles. The fraction of sp³-hybridized carbons (Fsp3) is 0.526. The van der Waals surface area contributed by atoms with Crippen LogP contribution in [0.4, 0.5) is 0 Å². The van der Waals surface area contributed by atoms with Crippen LogP contribution >= 0.6 is 0 Å². The summed E-state index contributed by atoms with van der Waals surface area (Å²) in [6.07, 6.45) is 10.1. The third-order valence-corrected chi connectivity index (χ3v) is 3.42. The Hall–Kier alpha value is -1.77. The summed E-state index contributed by atoms with van der Waals surface area (Å²) >= 11 is 0. The van der Waals surface area contributed by atoms with Crippen LogP contribution in [0.3, 0.4) is 0 Å². The lowest BCUT2D eigenvalue weighted by molar-refractivity contribution is -0.114. The molecule has 0 amide bonds. The molecular formula is C19H28O3. The Bertz CT molecular complexity index is 478. The van der Waals surface area contributed by atoms with E-state index in [0.717, 1.165) is 44.1 Å². The molecule has 0 saturated heterocycles. The molecule has 3 heteroatoms. The van der Waals surface area contributed by atoms with Crippen LogP contribution in [0.1, 0.15) is 57.9 Å². The van der Waals surface area contributed by atoms with Crippen LogP contribution in [0.2, 0.25) is 0 Å². The van der Waals surface area contributed by atoms with Crippen LogP contribution in [0.15, 0.2) is 30.4 Å². The number of rotatable bonds is 11. The highest BCUT2D eigenvalue weighted by Crippen LogP contribution is 2.27. The molecule has 0 aliphatic carbocycles. The van der Waals surface area contributed by atoms with Crippen LogP contribution in [0, 0.1) is 0 Å². The molecule has 0 saturated carbocycles. The maximum atomic E-state index is 11.6. The predicted octanol–water partition coefficient (Wildman–Crippen LogP) is 4.82. The molecule has 1 rings (SSSR count). The third-order valence-electron chi connectivity index (χ3n) is 3.42. The molecule has 0 aliphatic rings. The summed E-state index contributed by atoms with van der Waals surface area (Å²) in [5.74, 6) is 0.934. The summed E-state index contributed by atoms with van der Waals surface area (Å²) in [6.45, 7) is 4.77. The van der Waals surface area contributed by atoms with Gasteiger partial charge in [0.1, 0.15) is 0 Å². The molecular weight excluding hydrogens is 276 g/mol. The van der Waals surface area contributed by atoms with Crippen LogP contribution in [0.5, 0.6) is 11.5 Å². The van der Waals surface area contributed by atoms with Crippen molar-refractivity contribution < 1.29 is 14.6 Å². The SMILES string of the molecule is CCCCCC(=O)C=CCCc1ccc(O)c(OCCC)c1. The fourth-order valence-electron chi connectivity index (χ4n) is 2.14. The Morgan fingerprint density at radius 1 is 1.23 bits per heavy atom. The van der Waals surface area contributed by atoms with Crippen LogP contribution in [0.25, 0.3) is 0 Å². The lowest BCUT2D eigenvalue weighted by atomic mass is 10.1. The van der Waals surface area contributed by atoms with Gasteiger partial charge in [0.25, 0.3) is 0 Å². The smallest absolute Gasteiger partial charge is 0.161 e. The molecule has 22 heavy (non-hydrogen) atoms. The number of benzene rings is 1. The van der Waals surface area contributed by atoms with Crippen LogP contribution < -0.4 is 4.74 Å². The van der Waals surface area contributed by atoms with Gasteiger partial charge in [0.2, 0.25) is 0 Å². The number of allylic oxidation sites excluding steroid dienone is 2. The van der Waals surface area contributed by atoms with Crippen molar-refractivity contribution in [3.05, 3.63) is 35.9 Å². The minimum absolute atomic E-state index is 0.179. The van der Waals surface area contributed by atoms with E-state index < -0.39 is 0 Å². The van der Waals surface area contributed by atoms with Crippen LogP contribution in [-0.2, 0) is 11.2 Å². The van der Waals surface area contributed by atoms with E-state index in [2.05, 4.69) is 6.92 Å². The zero-order valence-electron chi connectivity index (χ0n) is 13.8. The van der Waals surface area contributed by atoms with Crippen LogP contribution in [-0.4, -0.2) is 17.5 Å². The van der Waals surface area contributed by atoms with E-state index in [9.17, 15) is 9.90 Å². The first-order valence-corrected chi connectivity index (χ1v) is 8.31. The van der Waals surface area contributed by atoms with Crippen molar-refractivity contribution in [2.75, 3.05) is 6.61 Å². The molecule has 0 radical (unpaired) electrons. The van der Waals surface area contributed by atoms with E-state index in [1.165, 1.54) is 0 Å². The largest absolute Gasteiger partial charge is 0.504 e. The summed E-state index contributed by atoms with van der Waals surface area (Å²) in [5.41, 5.74) is 1.10. The summed E-state index contributed by atoms with van der Waals surface area (Å²) in [4.78, 5) is 11.6. The summed E-state index contributed by atoms with van der Waals surface area (Å²) in [6, 6.07) is 5.44. The number of hydrogen-bond donors (Lipinski definition) is 1. The number of aromatic hydroxyl groups is 1. The predicted molar refractivity (Wildman–Crippen MR) is 90.5 cm³/mol. The highest BCUT2D eigenvalue weighted by atomic mass is 16.5. The molecule has 0 fully saturated rings. The van der Waals surface area contributed by atoms with Gasteiger partial charge < -0.3 is 9.84 Å². The van der Waals surface area contributed by atoms with Crippen molar-refractivity contribution in [1.82, 2.24) is 0 Å². The van der Waals surface area contributed by atoms with Gasteiger partial charge >= 0.3 is 0 Å². The molecule has 0 spiro atoms. The monoisotopic (exact) mass is 304 g/mol. The number of carbonyl (C=O) groups is 1. The first-order valence-electron chi connectivity index (χ1n) is 8.31. The molecule has 1 N–H and O–H groups in total. The minimum atomic E-state index is 0.179. The van der Waals surface area contributed by atoms with Crippen molar-refractivity contribution in [2.45, 2.75) is 58.8 Å². The standard InChI is InChI=1S/C19H28O3/c1-3-5-6-10-17(20)11-8-7-9-16-12-13-18(21)19(15-16)22-14-4-2/h8,11-13,15,21H,3-7,9-10,14H2,1-2H3. The number of ether oxygens (including phenoxy) is 1. The molecule has 122 valence electrons. The Kier molecular flexibility index (Phi) is 9.04. The Morgan fingerprint density at radius 3 is 2.77 bits per heavy atom. The number of aryl methyl sites for hydroxylation is 1. The summed E-state index contributed by atoms with van der Waals surface area (Å²) < 4.78 is 5.50. The van der Waals surface area contributed by atoms with E-state index in [0.29, 0.717) is 18.8 Å². The average molecular weight is 304 g/mol. The number of ketones is 1. The Balaban J connectivity index is 2.39. The number of unbranched alkanes of at least 4 members (excludes halogenated alkanes) is 2. The number of hydrogen-bond acceptors (Lipinski definition) is 3. The molecule has 0 aliphatic heterocycles. The zero-order valence-corrected chi connectivity index (χ0v) is 13.8. The quantitative estimate of drug-likeness (QED) is 0.471. The van der Waals surface area contributed by atoms with Gasteiger partial charge in [0.05, 0.1) is 6.61 Å². The molecule has 0 heterocycles. The highest BCUT2D eigenvalue weighted by Gasteiger charge is 2.03. The maximum Gasteiger partial charge on any atom is 0.161 e. The third kappa shape index (κ3) is 7.30. The molecule has 1 aromatic carbocycles. The number of phenolic OH excluding ortho intramolecular Hbond substituents is 1.